The molecule has 2 unspecified atom stereocenters. The predicted molar refractivity (Wildman–Crippen MR) is 126 cm³/mol. The van der Waals surface area contributed by atoms with Crippen LogP contribution in [0.2, 0.25) is 0 Å². The van der Waals surface area contributed by atoms with Crippen molar-refractivity contribution in [1.82, 2.24) is 0 Å². The van der Waals surface area contributed by atoms with E-state index in [9.17, 15) is 0 Å². The molecule has 0 saturated heterocycles. The summed E-state index contributed by atoms with van der Waals surface area (Å²) in [6.07, 6.45) is 3.96. The first-order chi connectivity index (χ1) is 12.6. The normalized spacial score (nSPS) is 21.1. The molecular weight excluding hydrogens is 362 g/mol. The second-order valence-corrected chi connectivity index (χ2v) is 16.3. The minimum absolute atomic E-state index is 0.0222. The standard InChI is InChI=1S/C25H36P2/c1-19-12-8-9-13-20(19)16-26(24(2,3)4)18-23-22-15-11-10-14-21(22)17-27(23)25(5,6)7/h8-15,23H,16-18H2,1-7H3/t23-,26?,27?/m0/s1. The first kappa shape index (κ1) is 21.0. The van der Waals surface area contributed by atoms with Gasteiger partial charge in [-0.25, -0.2) is 0 Å². The lowest BCUT2D eigenvalue weighted by molar-refractivity contribution is 0.760. The van der Waals surface area contributed by atoms with Gasteiger partial charge in [0.2, 0.25) is 0 Å². The SMILES string of the molecule is Cc1ccccc1CP(C[C@H]1c2ccccc2CP1C(C)(C)C)C(C)(C)C. The predicted octanol–water partition coefficient (Wildman–Crippen LogP) is 8.31. The maximum Gasteiger partial charge on any atom is 0.00918 e. The third-order valence-corrected chi connectivity index (χ3v) is 13.3. The van der Waals surface area contributed by atoms with Crippen LogP contribution in [0.3, 0.4) is 0 Å². The molecule has 146 valence electrons. The third-order valence-electron chi connectivity index (χ3n) is 5.96. The second-order valence-electron chi connectivity index (χ2n) is 9.99. The monoisotopic (exact) mass is 398 g/mol. The van der Waals surface area contributed by atoms with Crippen LogP contribution in [0.5, 0.6) is 0 Å². The van der Waals surface area contributed by atoms with Gasteiger partial charge < -0.3 is 0 Å². The van der Waals surface area contributed by atoms with Gasteiger partial charge in [0.15, 0.2) is 0 Å². The van der Waals surface area contributed by atoms with E-state index in [0.29, 0.717) is 10.3 Å². The molecule has 0 radical (unpaired) electrons. The van der Waals surface area contributed by atoms with Crippen molar-refractivity contribution in [3.8, 4) is 0 Å². The Balaban J connectivity index is 1.93. The highest BCUT2D eigenvalue weighted by atomic mass is 31.1. The number of fused-ring (bicyclic) bond motifs is 1. The molecule has 0 bridgehead atoms. The molecule has 0 nitrogen and oxygen atoms in total. The Hall–Kier alpha value is -0.700. The molecule has 0 N–H and O–H groups in total. The van der Waals surface area contributed by atoms with Gasteiger partial charge >= 0.3 is 0 Å². The van der Waals surface area contributed by atoms with Crippen LogP contribution in [0.1, 0.15) is 69.5 Å². The van der Waals surface area contributed by atoms with Crippen LogP contribution in [0, 0.1) is 6.92 Å². The van der Waals surface area contributed by atoms with Gasteiger partial charge in [0.25, 0.3) is 0 Å². The summed E-state index contributed by atoms with van der Waals surface area (Å²) in [5.74, 6) is 0. The lowest BCUT2D eigenvalue weighted by atomic mass is 10.1. The Labute approximate surface area is 169 Å². The minimum Gasteiger partial charge on any atom is -0.0957 e. The van der Waals surface area contributed by atoms with E-state index in [1.807, 2.05) is 0 Å². The van der Waals surface area contributed by atoms with Gasteiger partial charge in [0, 0.05) is 5.66 Å². The summed E-state index contributed by atoms with van der Waals surface area (Å²) in [4.78, 5) is 0. The van der Waals surface area contributed by atoms with Gasteiger partial charge in [-0.1, -0.05) is 106 Å². The number of benzene rings is 2. The highest BCUT2D eigenvalue weighted by Crippen LogP contribution is 2.71. The Morgan fingerprint density at radius 1 is 0.926 bits per heavy atom. The van der Waals surface area contributed by atoms with Gasteiger partial charge in [-0.05, 0) is 58.0 Å². The fourth-order valence-electron chi connectivity index (χ4n) is 4.14. The van der Waals surface area contributed by atoms with Gasteiger partial charge in [-0.2, -0.15) is 0 Å². The molecular formula is C25H36P2. The van der Waals surface area contributed by atoms with Crippen LogP contribution < -0.4 is 0 Å². The smallest absolute Gasteiger partial charge is 0.00918 e. The number of aryl methyl sites for hydroxylation is 1. The zero-order valence-corrected chi connectivity index (χ0v) is 20.0. The van der Waals surface area contributed by atoms with Crippen molar-refractivity contribution in [3.63, 3.8) is 0 Å². The fourth-order valence-corrected chi connectivity index (χ4v) is 10.9. The minimum atomic E-state index is -0.0873. The Morgan fingerprint density at radius 2 is 1.56 bits per heavy atom. The van der Waals surface area contributed by atoms with E-state index in [0.717, 1.165) is 5.66 Å². The van der Waals surface area contributed by atoms with E-state index in [2.05, 4.69) is 97.0 Å². The van der Waals surface area contributed by atoms with Crippen molar-refractivity contribution < 1.29 is 0 Å². The summed E-state index contributed by atoms with van der Waals surface area (Å²) in [6, 6.07) is 18.3. The first-order valence-electron chi connectivity index (χ1n) is 10.2. The Kier molecular flexibility index (Phi) is 6.20. The van der Waals surface area contributed by atoms with E-state index >= 15 is 0 Å². The summed E-state index contributed by atoms with van der Waals surface area (Å²) in [5.41, 5.74) is 7.08. The fraction of sp³-hybridized carbons (Fsp3) is 0.520. The lowest BCUT2D eigenvalue weighted by Gasteiger charge is -2.39. The van der Waals surface area contributed by atoms with Crippen LogP contribution in [0.25, 0.3) is 0 Å². The zero-order valence-electron chi connectivity index (χ0n) is 18.2. The van der Waals surface area contributed by atoms with Crippen LogP contribution in [-0.4, -0.2) is 16.5 Å². The number of hydrogen-bond acceptors (Lipinski definition) is 0. The Bertz CT molecular complexity index is 779. The molecule has 1 aliphatic heterocycles. The van der Waals surface area contributed by atoms with Gasteiger partial charge in [-0.3, -0.25) is 0 Å². The van der Waals surface area contributed by atoms with Crippen LogP contribution in [0.15, 0.2) is 48.5 Å². The molecule has 2 aromatic carbocycles. The average Bonchev–Trinajstić information content (AvgIpc) is 2.94. The molecule has 0 amide bonds. The molecule has 0 saturated carbocycles. The molecule has 0 spiro atoms. The van der Waals surface area contributed by atoms with Crippen molar-refractivity contribution in [2.75, 3.05) is 6.16 Å². The van der Waals surface area contributed by atoms with E-state index in [1.165, 1.54) is 24.0 Å². The summed E-state index contributed by atoms with van der Waals surface area (Å²) < 4.78 is 0. The molecule has 0 aromatic heterocycles. The van der Waals surface area contributed by atoms with Crippen LogP contribution in [0.4, 0.5) is 0 Å². The van der Waals surface area contributed by atoms with E-state index in [1.54, 1.807) is 16.7 Å². The molecule has 27 heavy (non-hydrogen) atoms. The molecule has 0 aliphatic carbocycles. The third kappa shape index (κ3) is 4.83. The summed E-state index contributed by atoms with van der Waals surface area (Å²) in [5, 5.41) is 0.800. The van der Waals surface area contributed by atoms with Gasteiger partial charge in [0.1, 0.15) is 0 Å². The zero-order chi connectivity index (χ0) is 19.8. The topological polar surface area (TPSA) is 0 Å². The van der Waals surface area contributed by atoms with E-state index in [-0.39, 0.29) is 15.8 Å². The van der Waals surface area contributed by atoms with E-state index in [4.69, 9.17) is 0 Å². The average molecular weight is 399 g/mol. The first-order valence-corrected chi connectivity index (χ1v) is 13.5. The maximum atomic E-state index is 2.47. The molecule has 3 rings (SSSR count). The van der Waals surface area contributed by atoms with Crippen molar-refractivity contribution in [3.05, 3.63) is 70.8 Å². The largest absolute Gasteiger partial charge is 0.0957 e. The molecule has 3 atom stereocenters. The van der Waals surface area contributed by atoms with Crippen molar-refractivity contribution >= 4 is 15.8 Å². The number of hydrogen-bond donors (Lipinski definition) is 0. The van der Waals surface area contributed by atoms with Gasteiger partial charge in [0.05, 0.1) is 0 Å². The molecule has 2 aromatic rings. The molecule has 2 heteroatoms. The summed E-state index contributed by atoms with van der Waals surface area (Å²) in [6.45, 7) is 17.1. The van der Waals surface area contributed by atoms with Crippen LogP contribution in [-0.2, 0) is 12.3 Å². The summed E-state index contributed by atoms with van der Waals surface area (Å²) in [7, 11) is -0.109. The second kappa shape index (κ2) is 7.97. The highest BCUT2D eigenvalue weighted by Gasteiger charge is 2.41. The van der Waals surface area contributed by atoms with E-state index < -0.39 is 0 Å². The Morgan fingerprint density at radius 3 is 2.19 bits per heavy atom. The quantitative estimate of drug-likeness (QED) is 0.454. The van der Waals surface area contributed by atoms with Crippen LogP contribution >= 0.6 is 15.8 Å². The van der Waals surface area contributed by atoms with Crippen molar-refractivity contribution in [2.24, 2.45) is 0 Å². The van der Waals surface area contributed by atoms with Crippen molar-refractivity contribution in [1.29, 1.82) is 0 Å². The lowest BCUT2D eigenvalue weighted by Crippen LogP contribution is -2.20. The molecule has 1 heterocycles. The summed E-state index contributed by atoms with van der Waals surface area (Å²) >= 11 is 0. The van der Waals surface area contributed by atoms with Crippen molar-refractivity contribution in [2.45, 2.75) is 76.8 Å². The maximum absolute atomic E-state index is 2.47. The van der Waals surface area contributed by atoms with Gasteiger partial charge in [-0.15, -0.1) is 0 Å². The number of rotatable bonds is 4. The highest BCUT2D eigenvalue weighted by molar-refractivity contribution is 7.63. The molecule has 0 fully saturated rings. The molecule has 1 aliphatic rings.